The third kappa shape index (κ3) is 8.17. The molecule has 0 saturated carbocycles. The van der Waals surface area contributed by atoms with Gasteiger partial charge < -0.3 is 14.7 Å². The minimum absolute atomic E-state index is 0.156. The quantitative estimate of drug-likeness (QED) is 0.259. The number of urea groups is 1. The van der Waals surface area contributed by atoms with Gasteiger partial charge in [-0.25, -0.2) is 4.79 Å². The molecule has 1 saturated heterocycles. The average molecular weight is 399 g/mol. The van der Waals surface area contributed by atoms with E-state index in [4.69, 9.17) is 0 Å². The zero-order chi connectivity index (χ0) is 20.9. The van der Waals surface area contributed by atoms with E-state index in [1.165, 1.54) is 25.5 Å². The summed E-state index contributed by atoms with van der Waals surface area (Å²) in [4.78, 5) is 38.7. The Labute approximate surface area is 169 Å². The molecule has 1 fully saturated rings. The van der Waals surface area contributed by atoms with Gasteiger partial charge in [-0.1, -0.05) is 51.9 Å². The Kier molecular flexibility index (Phi) is 11.8. The Bertz CT molecular complexity index is 497. The van der Waals surface area contributed by atoms with Gasteiger partial charge in [0.05, 0.1) is 13.2 Å². The molecule has 0 bridgehead atoms. The van der Waals surface area contributed by atoms with Gasteiger partial charge in [0.1, 0.15) is 6.04 Å². The normalized spacial score (nSPS) is 18.1. The molecule has 2 unspecified atom stereocenters. The first-order valence-electron chi connectivity index (χ1n) is 10.7. The lowest BCUT2D eigenvalue weighted by Crippen LogP contribution is -2.37. The molecule has 0 radical (unpaired) electrons. The van der Waals surface area contributed by atoms with Gasteiger partial charge in [0.25, 0.3) is 5.91 Å². The van der Waals surface area contributed by atoms with Crippen molar-refractivity contribution in [1.29, 1.82) is 0 Å². The zero-order valence-corrected chi connectivity index (χ0v) is 17.8. The second kappa shape index (κ2) is 13.5. The van der Waals surface area contributed by atoms with Crippen LogP contribution in [0.1, 0.15) is 84.0 Å². The van der Waals surface area contributed by atoms with Crippen molar-refractivity contribution in [3.8, 4) is 0 Å². The number of hydrogen-bond acceptors (Lipinski definition) is 5. The van der Waals surface area contributed by atoms with Crippen LogP contribution in [-0.4, -0.2) is 65.7 Å². The molecule has 2 atom stereocenters. The summed E-state index contributed by atoms with van der Waals surface area (Å²) in [7, 11) is 2.91. The van der Waals surface area contributed by atoms with Gasteiger partial charge in [-0.05, 0) is 25.7 Å². The summed E-state index contributed by atoms with van der Waals surface area (Å²) in [6.07, 6.45) is 9.75. The molecule has 28 heavy (non-hydrogen) atoms. The van der Waals surface area contributed by atoms with E-state index in [1.54, 1.807) is 4.90 Å². The number of hydrogen-bond donors (Lipinski definition) is 1. The molecule has 1 aliphatic heterocycles. The number of rotatable bonds is 15. The fourth-order valence-electron chi connectivity index (χ4n) is 3.61. The molecule has 1 N–H and O–H groups in total. The molecular weight excluding hydrogens is 360 g/mol. The first-order valence-corrected chi connectivity index (χ1v) is 10.7. The van der Waals surface area contributed by atoms with Crippen molar-refractivity contribution >= 4 is 17.9 Å². The number of unbranched alkanes of at least 4 members (excludes halogenated alkanes) is 6. The van der Waals surface area contributed by atoms with Gasteiger partial charge in [-0.2, -0.15) is 0 Å². The van der Waals surface area contributed by atoms with E-state index >= 15 is 0 Å². The van der Waals surface area contributed by atoms with Crippen LogP contribution in [0.4, 0.5) is 4.79 Å². The summed E-state index contributed by atoms with van der Waals surface area (Å²) in [5.41, 5.74) is 0. The molecule has 7 nitrogen and oxygen atoms in total. The number of carbonyl (C=O) groups excluding carboxylic acids is 3. The third-order valence-corrected chi connectivity index (χ3v) is 5.45. The Morgan fingerprint density at radius 3 is 2.43 bits per heavy atom. The highest BCUT2D eigenvalue weighted by molar-refractivity contribution is 6.03. The number of esters is 1. The molecule has 0 aliphatic carbocycles. The van der Waals surface area contributed by atoms with Gasteiger partial charge in [0, 0.05) is 20.0 Å². The van der Waals surface area contributed by atoms with Crippen LogP contribution in [0.3, 0.4) is 0 Å². The molecular formula is C21H38N2O5. The SMILES string of the molecule is CCCCCCC(O)CCN1C(=O)N(C)C(=O)C1CCCCCCC(=O)OC. The number of methoxy groups -OCH3 is 1. The average Bonchev–Trinajstić information content (AvgIpc) is 2.89. The largest absolute Gasteiger partial charge is 0.469 e. The van der Waals surface area contributed by atoms with Crippen LogP contribution in [0.2, 0.25) is 0 Å². The van der Waals surface area contributed by atoms with E-state index in [0.29, 0.717) is 25.8 Å². The second-order valence-electron chi connectivity index (χ2n) is 7.71. The predicted octanol–water partition coefficient (Wildman–Crippen LogP) is 3.48. The summed E-state index contributed by atoms with van der Waals surface area (Å²) in [6, 6.07) is -0.690. The summed E-state index contributed by atoms with van der Waals surface area (Å²) >= 11 is 0. The molecule has 0 aromatic rings. The molecule has 162 valence electrons. The van der Waals surface area contributed by atoms with Gasteiger partial charge in [-0.15, -0.1) is 0 Å². The van der Waals surface area contributed by atoms with Crippen LogP contribution in [0, 0.1) is 0 Å². The third-order valence-electron chi connectivity index (χ3n) is 5.45. The molecule has 0 spiro atoms. The topological polar surface area (TPSA) is 87.2 Å². The van der Waals surface area contributed by atoms with Gasteiger partial charge in [0.15, 0.2) is 0 Å². The lowest BCUT2D eigenvalue weighted by molar-refractivity contribution is -0.140. The van der Waals surface area contributed by atoms with E-state index in [2.05, 4.69) is 11.7 Å². The minimum Gasteiger partial charge on any atom is -0.469 e. The number of ether oxygens (including phenoxy) is 1. The molecule has 1 heterocycles. The molecule has 7 heteroatoms. The Hall–Kier alpha value is -1.63. The number of amides is 3. The minimum atomic E-state index is -0.426. The molecule has 0 aromatic heterocycles. The lowest BCUT2D eigenvalue weighted by Gasteiger charge is -2.23. The van der Waals surface area contributed by atoms with E-state index in [1.807, 2.05) is 0 Å². The van der Waals surface area contributed by atoms with Crippen molar-refractivity contribution in [1.82, 2.24) is 9.80 Å². The number of aliphatic hydroxyl groups is 1. The monoisotopic (exact) mass is 398 g/mol. The maximum absolute atomic E-state index is 12.4. The van der Waals surface area contributed by atoms with Gasteiger partial charge in [0.2, 0.25) is 0 Å². The Morgan fingerprint density at radius 1 is 1.07 bits per heavy atom. The molecule has 1 rings (SSSR count). The molecule has 0 aromatic carbocycles. The Morgan fingerprint density at radius 2 is 1.75 bits per heavy atom. The maximum atomic E-state index is 12.4. The van der Waals surface area contributed by atoms with Crippen LogP contribution in [0.15, 0.2) is 0 Å². The van der Waals surface area contributed by atoms with Crippen LogP contribution >= 0.6 is 0 Å². The number of aliphatic hydroxyl groups excluding tert-OH is 1. The van der Waals surface area contributed by atoms with Crippen molar-refractivity contribution in [2.45, 2.75) is 96.1 Å². The van der Waals surface area contributed by atoms with Crippen LogP contribution in [-0.2, 0) is 14.3 Å². The van der Waals surface area contributed by atoms with Crippen LogP contribution in [0.25, 0.3) is 0 Å². The molecule has 1 aliphatic rings. The van der Waals surface area contributed by atoms with Crippen molar-refractivity contribution in [2.24, 2.45) is 0 Å². The predicted molar refractivity (Wildman–Crippen MR) is 108 cm³/mol. The summed E-state index contributed by atoms with van der Waals surface area (Å²) in [6.45, 7) is 2.57. The lowest BCUT2D eigenvalue weighted by atomic mass is 10.0. The highest BCUT2D eigenvalue weighted by Gasteiger charge is 2.42. The summed E-state index contributed by atoms with van der Waals surface area (Å²) in [5.74, 6) is -0.352. The van der Waals surface area contributed by atoms with Gasteiger partial charge in [-0.3, -0.25) is 14.5 Å². The summed E-state index contributed by atoms with van der Waals surface area (Å²) < 4.78 is 4.62. The van der Waals surface area contributed by atoms with E-state index in [0.717, 1.165) is 51.4 Å². The zero-order valence-electron chi connectivity index (χ0n) is 17.8. The maximum Gasteiger partial charge on any atom is 0.327 e. The first-order chi connectivity index (χ1) is 13.4. The summed E-state index contributed by atoms with van der Waals surface area (Å²) in [5, 5.41) is 10.2. The number of likely N-dealkylation sites (N-methyl/N-ethyl adjacent to an activating group) is 1. The fraction of sp³-hybridized carbons (Fsp3) is 0.857. The highest BCUT2D eigenvalue weighted by atomic mass is 16.5. The van der Waals surface area contributed by atoms with E-state index in [9.17, 15) is 19.5 Å². The second-order valence-corrected chi connectivity index (χ2v) is 7.71. The highest BCUT2D eigenvalue weighted by Crippen LogP contribution is 2.22. The molecule has 3 amide bonds. The smallest absolute Gasteiger partial charge is 0.327 e. The van der Waals surface area contributed by atoms with Crippen molar-refractivity contribution in [2.75, 3.05) is 20.7 Å². The van der Waals surface area contributed by atoms with Crippen LogP contribution < -0.4 is 0 Å². The first kappa shape index (κ1) is 24.4. The van der Waals surface area contributed by atoms with Gasteiger partial charge >= 0.3 is 12.0 Å². The Balaban J connectivity index is 2.37. The number of nitrogens with zero attached hydrogens (tertiary/aromatic N) is 2. The van der Waals surface area contributed by atoms with Crippen LogP contribution in [0.5, 0.6) is 0 Å². The van der Waals surface area contributed by atoms with E-state index < -0.39 is 12.1 Å². The number of imide groups is 1. The van der Waals surface area contributed by atoms with Crippen molar-refractivity contribution in [3.63, 3.8) is 0 Å². The standard InChI is InChI=1S/C21H38N2O5/c1-4-5-6-9-12-17(24)15-16-23-18(20(26)22(2)21(23)27)13-10-7-8-11-14-19(25)28-3/h17-18,24H,4-16H2,1-3H3. The van der Waals surface area contributed by atoms with Crippen molar-refractivity contribution in [3.05, 3.63) is 0 Å². The number of carbonyl (C=O) groups is 3. The van der Waals surface area contributed by atoms with E-state index in [-0.39, 0.29) is 17.9 Å². The van der Waals surface area contributed by atoms with Crippen molar-refractivity contribution < 1.29 is 24.2 Å². The fourth-order valence-corrected chi connectivity index (χ4v) is 3.61.